The number of rotatable bonds is 5. The molecule has 26 heavy (non-hydrogen) atoms. The van der Waals surface area contributed by atoms with Crippen LogP contribution in [0.15, 0.2) is 48.7 Å². The second-order valence-corrected chi connectivity index (χ2v) is 7.27. The highest BCUT2D eigenvalue weighted by molar-refractivity contribution is 5.95. The van der Waals surface area contributed by atoms with Gasteiger partial charge in [0.1, 0.15) is 5.60 Å². The lowest BCUT2D eigenvalue weighted by atomic mass is 9.81. The first-order valence-corrected chi connectivity index (χ1v) is 9.14. The third kappa shape index (κ3) is 3.37. The highest BCUT2D eigenvalue weighted by Crippen LogP contribution is 2.40. The van der Waals surface area contributed by atoms with Crippen LogP contribution in [0.3, 0.4) is 0 Å². The summed E-state index contributed by atoms with van der Waals surface area (Å²) in [5.74, 6) is 0.413. The molecule has 2 fully saturated rings. The molecule has 5 nitrogen and oxygen atoms in total. The SMILES string of the molecule is Cc1cccc(C(=O)N2CC3(C2)OCC[C@@H]3COCc2ccccn2)c1. The van der Waals surface area contributed by atoms with Crippen molar-refractivity contribution in [2.24, 2.45) is 5.92 Å². The first kappa shape index (κ1) is 17.2. The van der Waals surface area contributed by atoms with E-state index in [9.17, 15) is 4.79 Å². The molecule has 2 aliphatic heterocycles. The lowest BCUT2D eigenvalue weighted by Crippen LogP contribution is -2.66. The third-order valence-electron chi connectivity index (χ3n) is 5.36. The highest BCUT2D eigenvalue weighted by atomic mass is 16.5. The molecule has 3 heterocycles. The number of benzene rings is 1. The molecule has 0 radical (unpaired) electrons. The van der Waals surface area contributed by atoms with Crippen LogP contribution >= 0.6 is 0 Å². The summed E-state index contributed by atoms with van der Waals surface area (Å²) in [5, 5.41) is 0. The summed E-state index contributed by atoms with van der Waals surface area (Å²) in [4.78, 5) is 18.8. The maximum atomic E-state index is 12.7. The van der Waals surface area contributed by atoms with E-state index in [1.807, 2.05) is 54.3 Å². The molecule has 2 aromatic rings. The summed E-state index contributed by atoms with van der Waals surface area (Å²) < 4.78 is 11.9. The fourth-order valence-electron chi connectivity index (χ4n) is 3.86. The van der Waals surface area contributed by atoms with Gasteiger partial charge in [0.15, 0.2) is 0 Å². The molecule has 5 heteroatoms. The molecule has 1 aromatic carbocycles. The van der Waals surface area contributed by atoms with E-state index in [4.69, 9.17) is 9.47 Å². The van der Waals surface area contributed by atoms with E-state index < -0.39 is 0 Å². The third-order valence-corrected chi connectivity index (χ3v) is 5.36. The Hall–Kier alpha value is -2.24. The largest absolute Gasteiger partial charge is 0.375 e. The number of carbonyl (C=O) groups is 1. The molecular formula is C21H24N2O3. The Morgan fingerprint density at radius 3 is 2.96 bits per heavy atom. The van der Waals surface area contributed by atoms with Crippen molar-refractivity contribution in [2.45, 2.75) is 25.6 Å². The summed E-state index contributed by atoms with van der Waals surface area (Å²) in [7, 11) is 0. The van der Waals surface area contributed by atoms with E-state index in [-0.39, 0.29) is 11.5 Å². The Kier molecular flexibility index (Phi) is 4.74. The van der Waals surface area contributed by atoms with Gasteiger partial charge >= 0.3 is 0 Å². The number of aromatic nitrogens is 1. The molecule has 1 spiro atoms. The van der Waals surface area contributed by atoms with Crippen LogP contribution in [0.2, 0.25) is 0 Å². The summed E-state index contributed by atoms with van der Waals surface area (Å²) in [6.45, 7) is 5.20. The monoisotopic (exact) mass is 352 g/mol. The predicted molar refractivity (Wildman–Crippen MR) is 97.8 cm³/mol. The van der Waals surface area contributed by atoms with Crippen molar-refractivity contribution in [3.63, 3.8) is 0 Å². The maximum absolute atomic E-state index is 12.7. The van der Waals surface area contributed by atoms with Crippen LogP contribution in [0, 0.1) is 12.8 Å². The smallest absolute Gasteiger partial charge is 0.254 e. The van der Waals surface area contributed by atoms with E-state index in [0.717, 1.165) is 29.8 Å². The Bertz CT molecular complexity index is 772. The van der Waals surface area contributed by atoms with Gasteiger partial charge in [-0.25, -0.2) is 0 Å². The first-order valence-electron chi connectivity index (χ1n) is 9.14. The average Bonchev–Trinajstić information content (AvgIpc) is 3.05. The van der Waals surface area contributed by atoms with Crippen LogP contribution in [0.5, 0.6) is 0 Å². The lowest BCUT2D eigenvalue weighted by Gasteiger charge is -2.50. The van der Waals surface area contributed by atoms with E-state index >= 15 is 0 Å². The number of nitrogens with zero attached hydrogens (tertiary/aromatic N) is 2. The van der Waals surface area contributed by atoms with E-state index in [1.54, 1.807) is 6.20 Å². The summed E-state index contributed by atoms with van der Waals surface area (Å²) in [6, 6.07) is 13.6. The van der Waals surface area contributed by atoms with E-state index in [1.165, 1.54) is 0 Å². The number of hydrogen-bond acceptors (Lipinski definition) is 4. The Balaban J connectivity index is 1.32. The fraction of sp³-hybridized carbons (Fsp3) is 0.429. The van der Waals surface area contributed by atoms with E-state index in [2.05, 4.69) is 4.98 Å². The van der Waals surface area contributed by atoms with Gasteiger partial charge in [-0.3, -0.25) is 9.78 Å². The standard InChI is InChI=1S/C21H24N2O3/c1-16-5-4-6-17(11-16)20(24)23-14-21(15-23)18(8-10-26-21)12-25-13-19-7-2-3-9-22-19/h2-7,9,11,18H,8,10,12-15H2,1H3/t18-/m1/s1. The van der Waals surface area contributed by atoms with Gasteiger partial charge in [-0.1, -0.05) is 23.8 Å². The lowest BCUT2D eigenvalue weighted by molar-refractivity contribution is -0.129. The van der Waals surface area contributed by atoms with Crippen molar-refractivity contribution in [2.75, 3.05) is 26.3 Å². The average molecular weight is 352 g/mol. The molecule has 2 aliphatic rings. The van der Waals surface area contributed by atoms with Crippen molar-refractivity contribution in [3.05, 3.63) is 65.5 Å². The molecule has 0 N–H and O–H groups in total. The van der Waals surface area contributed by atoms with Gasteiger partial charge in [0.05, 0.1) is 32.0 Å². The molecule has 0 saturated carbocycles. The topological polar surface area (TPSA) is 51.7 Å². The minimum Gasteiger partial charge on any atom is -0.375 e. The quantitative estimate of drug-likeness (QED) is 0.830. The molecule has 4 rings (SSSR count). The van der Waals surface area contributed by atoms with Crippen LogP contribution in [-0.4, -0.2) is 47.7 Å². The van der Waals surface area contributed by atoms with Crippen LogP contribution in [0.4, 0.5) is 0 Å². The van der Waals surface area contributed by atoms with Gasteiger partial charge in [0, 0.05) is 24.3 Å². The number of aryl methyl sites for hydroxylation is 1. The summed E-state index contributed by atoms with van der Waals surface area (Å²) in [6.07, 6.45) is 2.76. The second-order valence-electron chi connectivity index (χ2n) is 7.27. The molecule has 0 bridgehead atoms. The van der Waals surface area contributed by atoms with Crippen LogP contribution < -0.4 is 0 Å². The Morgan fingerprint density at radius 1 is 1.31 bits per heavy atom. The zero-order chi connectivity index (χ0) is 18.0. The highest BCUT2D eigenvalue weighted by Gasteiger charge is 2.54. The van der Waals surface area contributed by atoms with Gasteiger partial charge in [-0.15, -0.1) is 0 Å². The summed E-state index contributed by atoms with van der Waals surface area (Å²) >= 11 is 0. The Morgan fingerprint density at radius 2 is 2.19 bits per heavy atom. The normalized spacial score (nSPS) is 21.0. The van der Waals surface area contributed by atoms with Gasteiger partial charge in [-0.2, -0.15) is 0 Å². The van der Waals surface area contributed by atoms with Gasteiger partial charge in [-0.05, 0) is 37.6 Å². The predicted octanol–water partition coefficient (Wildman–Crippen LogP) is 2.84. The maximum Gasteiger partial charge on any atom is 0.254 e. The molecule has 1 amide bonds. The van der Waals surface area contributed by atoms with Crippen LogP contribution in [0.1, 0.15) is 28.0 Å². The molecule has 1 atom stereocenters. The van der Waals surface area contributed by atoms with Crippen molar-refractivity contribution in [1.29, 1.82) is 0 Å². The second kappa shape index (κ2) is 7.17. The zero-order valence-electron chi connectivity index (χ0n) is 15.1. The van der Waals surface area contributed by atoms with Gasteiger partial charge in [0.25, 0.3) is 5.91 Å². The number of likely N-dealkylation sites (tertiary alicyclic amines) is 1. The molecule has 1 aromatic heterocycles. The molecule has 0 unspecified atom stereocenters. The number of hydrogen-bond donors (Lipinski definition) is 0. The number of amides is 1. The molecule has 136 valence electrons. The van der Waals surface area contributed by atoms with Crippen LogP contribution in [0.25, 0.3) is 0 Å². The minimum absolute atomic E-state index is 0.0861. The van der Waals surface area contributed by atoms with Gasteiger partial charge in [0.2, 0.25) is 0 Å². The fourth-order valence-corrected chi connectivity index (χ4v) is 3.86. The van der Waals surface area contributed by atoms with Crippen molar-refractivity contribution in [3.8, 4) is 0 Å². The number of carbonyl (C=O) groups excluding carboxylic acids is 1. The number of ether oxygens (including phenoxy) is 2. The summed E-state index contributed by atoms with van der Waals surface area (Å²) in [5.41, 5.74) is 2.55. The van der Waals surface area contributed by atoms with Crippen molar-refractivity contribution < 1.29 is 14.3 Å². The zero-order valence-corrected chi connectivity index (χ0v) is 15.1. The van der Waals surface area contributed by atoms with Gasteiger partial charge < -0.3 is 14.4 Å². The first-order chi connectivity index (χ1) is 12.7. The van der Waals surface area contributed by atoms with E-state index in [0.29, 0.717) is 32.2 Å². The van der Waals surface area contributed by atoms with Crippen molar-refractivity contribution >= 4 is 5.91 Å². The number of pyridine rings is 1. The molecule has 2 saturated heterocycles. The Labute approximate surface area is 153 Å². The molecule has 0 aliphatic carbocycles. The van der Waals surface area contributed by atoms with Crippen LogP contribution in [-0.2, 0) is 16.1 Å². The molecular weight excluding hydrogens is 328 g/mol. The minimum atomic E-state index is -0.233. The van der Waals surface area contributed by atoms with Crippen molar-refractivity contribution in [1.82, 2.24) is 9.88 Å².